The molecule has 2 rings (SSSR count). The number of carboxylic acid groups (broad SMARTS) is 1. The lowest BCUT2D eigenvalue weighted by atomic mass is 10.1. The van der Waals surface area contributed by atoms with Gasteiger partial charge in [-0.1, -0.05) is 0 Å². The Morgan fingerprint density at radius 1 is 1.24 bits per heavy atom. The van der Waals surface area contributed by atoms with Gasteiger partial charge in [0.25, 0.3) is 0 Å². The van der Waals surface area contributed by atoms with Gasteiger partial charge in [0.05, 0.1) is 12.1 Å². The van der Waals surface area contributed by atoms with Gasteiger partial charge in [-0.2, -0.15) is 13.2 Å². The topological polar surface area (TPSA) is 69.8 Å². The van der Waals surface area contributed by atoms with Crippen molar-refractivity contribution >= 4 is 17.3 Å². The molecule has 0 spiro atoms. The van der Waals surface area contributed by atoms with Crippen LogP contribution in [0.4, 0.5) is 24.5 Å². The second-order valence-corrected chi connectivity index (χ2v) is 4.96. The number of anilines is 2. The van der Waals surface area contributed by atoms with Gasteiger partial charge in [-0.3, -0.25) is 4.90 Å². The lowest BCUT2D eigenvalue weighted by molar-refractivity contribution is -0.146. The summed E-state index contributed by atoms with van der Waals surface area (Å²) in [7, 11) is 0. The number of nitrogens with zero attached hydrogens (tertiary/aromatic N) is 2. The van der Waals surface area contributed by atoms with Crippen LogP contribution in [0.25, 0.3) is 0 Å². The Hall–Kier alpha value is -1.96. The van der Waals surface area contributed by atoms with Gasteiger partial charge >= 0.3 is 12.1 Å². The highest BCUT2D eigenvalue weighted by Gasteiger charge is 2.32. The van der Waals surface area contributed by atoms with Gasteiger partial charge in [-0.05, 0) is 18.2 Å². The molecule has 1 saturated heterocycles. The van der Waals surface area contributed by atoms with Gasteiger partial charge in [0.1, 0.15) is 0 Å². The zero-order chi connectivity index (χ0) is 15.6. The standard InChI is InChI=1S/C13H16F3N3O2/c14-13(15,16)8-18-3-5-19(6-4-18)9-1-2-10(12(20)21)11(17)7-9/h1-2,7H,3-6,8,17H2,(H,20,21). The van der Waals surface area contributed by atoms with Gasteiger partial charge in [0.2, 0.25) is 0 Å². The Morgan fingerprint density at radius 3 is 2.33 bits per heavy atom. The minimum atomic E-state index is -4.18. The highest BCUT2D eigenvalue weighted by Crippen LogP contribution is 2.24. The van der Waals surface area contributed by atoms with Crippen LogP contribution >= 0.6 is 0 Å². The molecule has 1 fully saturated rings. The number of rotatable bonds is 3. The summed E-state index contributed by atoms with van der Waals surface area (Å²) in [6, 6.07) is 4.58. The number of nitrogen functional groups attached to an aromatic ring is 1. The molecule has 0 unspecified atom stereocenters. The van der Waals surface area contributed by atoms with Crippen molar-refractivity contribution in [2.45, 2.75) is 6.18 Å². The fourth-order valence-corrected chi connectivity index (χ4v) is 2.36. The number of carbonyl (C=O) groups is 1. The number of hydrogen-bond acceptors (Lipinski definition) is 4. The average Bonchev–Trinajstić information content (AvgIpc) is 2.37. The number of carboxylic acids is 1. The number of benzene rings is 1. The maximum absolute atomic E-state index is 12.3. The molecule has 1 aromatic rings. The first-order valence-electron chi connectivity index (χ1n) is 6.43. The molecule has 0 amide bonds. The van der Waals surface area contributed by atoms with Crippen molar-refractivity contribution in [3.05, 3.63) is 23.8 Å². The van der Waals surface area contributed by atoms with E-state index >= 15 is 0 Å². The van der Waals surface area contributed by atoms with E-state index < -0.39 is 18.7 Å². The molecule has 8 heteroatoms. The number of alkyl halides is 3. The molecule has 0 aliphatic carbocycles. The quantitative estimate of drug-likeness (QED) is 0.831. The van der Waals surface area contributed by atoms with Crippen molar-refractivity contribution in [1.29, 1.82) is 0 Å². The Balaban J connectivity index is 1.99. The first-order valence-corrected chi connectivity index (χ1v) is 6.43. The first kappa shape index (κ1) is 15.4. The van der Waals surface area contributed by atoms with E-state index in [0.717, 1.165) is 5.69 Å². The first-order chi connectivity index (χ1) is 9.76. The zero-order valence-electron chi connectivity index (χ0n) is 11.2. The monoisotopic (exact) mass is 303 g/mol. The van der Waals surface area contributed by atoms with Crippen molar-refractivity contribution in [3.8, 4) is 0 Å². The van der Waals surface area contributed by atoms with E-state index in [1.165, 1.54) is 11.0 Å². The van der Waals surface area contributed by atoms with Gasteiger partial charge in [-0.15, -0.1) is 0 Å². The summed E-state index contributed by atoms with van der Waals surface area (Å²) in [5.41, 5.74) is 6.57. The summed E-state index contributed by atoms with van der Waals surface area (Å²) in [4.78, 5) is 14.1. The number of piperazine rings is 1. The van der Waals surface area contributed by atoms with E-state index in [-0.39, 0.29) is 11.3 Å². The molecule has 0 aromatic heterocycles. The molecular weight excluding hydrogens is 287 g/mol. The third kappa shape index (κ3) is 4.01. The van der Waals surface area contributed by atoms with Crippen molar-refractivity contribution in [1.82, 2.24) is 4.90 Å². The van der Waals surface area contributed by atoms with Crippen LogP contribution in [0.5, 0.6) is 0 Å². The van der Waals surface area contributed by atoms with Gasteiger partial charge in [-0.25, -0.2) is 4.79 Å². The van der Waals surface area contributed by atoms with Crippen LogP contribution in [-0.4, -0.2) is 54.9 Å². The molecule has 0 radical (unpaired) electrons. The lowest BCUT2D eigenvalue weighted by Gasteiger charge is -2.36. The van der Waals surface area contributed by atoms with E-state index in [0.29, 0.717) is 26.2 Å². The average molecular weight is 303 g/mol. The van der Waals surface area contributed by atoms with Crippen LogP contribution in [0.2, 0.25) is 0 Å². The third-order valence-corrected chi connectivity index (χ3v) is 3.41. The molecule has 3 N–H and O–H groups in total. The predicted octanol–water partition coefficient (Wildman–Crippen LogP) is 1.65. The van der Waals surface area contributed by atoms with Gasteiger partial charge in [0.15, 0.2) is 0 Å². The fourth-order valence-electron chi connectivity index (χ4n) is 2.36. The van der Waals surface area contributed by atoms with E-state index in [2.05, 4.69) is 0 Å². The SMILES string of the molecule is Nc1cc(N2CCN(CC(F)(F)F)CC2)ccc1C(=O)O. The van der Waals surface area contributed by atoms with E-state index in [1.807, 2.05) is 4.90 Å². The summed E-state index contributed by atoms with van der Waals surface area (Å²) in [5.74, 6) is -1.10. The van der Waals surface area contributed by atoms with Gasteiger partial charge in [0, 0.05) is 37.6 Å². The van der Waals surface area contributed by atoms with Crippen molar-refractivity contribution in [2.75, 3.05) is 43.4 Å². The Bertz CT molecular complexity index is 526. The van der Waals surface area contributed by atoms with Crippen LogP contribution < -0.4 is 10.6 Å². The normalized spacial score (nSPS) is 17.0. The predicted molar refractivity (Wildman–Crippen MR) is 72.5 cm³/mol. The number of nitrogens with two attached hydrogens (primary N) is 1. The third-order valence-electron chi connectivity index (χ3n) is 3.41. The maximum Gasteiger partial charge on any atom is 0.401 e. The van der Waals surface area contributed by atoms with Crippen molar-refractivity contribution in [3.63, 3.8) is 0 Å². The largest absolute Gasteiger partial charge is 0.478 e. The minimum absolute atomic E-state index is 0.0226. The molecule has 1 aliphatic rings. The van der Waals surface area contributed by atoms with Gasteiger partial charge < -0.3 is 15.7 Å². The molecular formula is C13H16F3N3O2. The molecule has 0 saturated carbocycles. The Kier molecular flexibility index (Phi) is 4.26. The zero-order valence-corrected chi connectivity index (χ0v) is 11.2. The molecule has 116 valence electrons. The summed E-state index contributed by atoms with van der Waals surface area (Å²) < 4.78 is 36.9. The summed E-state index contributed by atoms with van der Waals surface area (Å²) in [5, 5.41) is 8.90. The van der Waals surface area contributed by atoms with Crippen molar-refractivity contribution in [2.24, 2.45) is 0 Å². The molecule has 1 heterocycles. The molecule has 1 aromatic carbocycles. The van der Waals surface area contributed by atoms with E-state index in [4.69, 9.17) is 10.8 Å². The number of halogens is 3. The smallest absolute Gasteiger partial charge is 0.401 e. The Morgan fingerprint density at radius 2 is 1.86 bits per heavy atom. The minimum Gasteiger partial charge on any atom is -0.478 e. The molecule has 0 bridgehead atoms. The van der Waals surface area contributed by atoms with E-state index in [9.17, 15) is 18.0 Å². The molecule has 5 nitrogen and oxygen atoms in total. The van der Waals surface area contributed by atoms with E-state index in [1.54, 1.807) is 12.1 Å². The lowest BCUT2D eigenvalue weighted by Crippen LogP contribution is -2.49. The maximum atomic E-state index is 12.3. The molecule has 21 heavy (non-hydrogen) atoms. The summed E-state index contributed by atoms with van der Waals surface area (Å²) >= 11 is 0. The van der Waals surface area contributed by atoms with Crippen LogP contribution in [0.3, 0.4) is 0 Å². The molecule has 0 atom stereocenters. The Labute approximate surface area is 119 Å². The van der Waals surface area contributed by atoms with Crippen LogP contribution in [0.15, 0.2) is 18.2 Å². The summed E-state index contributed by atoms with van der Waals surface area (Å²) in [6.07, 6.45) is -4.18. The number of aromatic carboxylic acids is 1. The van der Waals surface area contributed by atoms with Crippen LogP contribution in [0.1, 0.15) is 10.4 Å². The van der Waals surface area contributed by atoms with Crippen molar-refractivity contribution < 1.29 is 23.1 Å². The highest BCUT2D eigenvalue weighted by molar-refractivity contribution is 5.94. The second kappa shape index (κ2) is 5.80. The summed E-state index contributed by atoms with van der Waals surface area (Å²) in [6.45, 7) is 0.602. The molecule has 1 aliphatic heterocycles. The second-order valence-electron chi connectivity index (χ2n) is 4.96. The van der Waals surface area contributed by atoms with Crippen LogP contribution in [0, 0.1) is 0 Å². The fraction of sp³-hybridized carbons (Fsp3) is 0.462. The van der Waals surface area contributed by atoms with Crippen LogP contribution in [-0.2, 0) is 0 Å². The highest BCUT2D eigenvalue weighted by atomic mass is 19.4. The number of hydrogen-bond donors (Lipinski definition) is 2.